The van der Waals surface area contributed by atoms with Crippen molar-refractivity contribution in [2.75, 3.05) is 5.73 Å². The third-order valence-corrected chi connectivity index (χ3v) is 8.09. The smallest absolute Gasteiger partial charge is 0.0320 e. The van der Waals surface area contributed by atoms with E-state index in [1.807, 2.05) is 12.1 Å². The third-order valence-electron chi connectivity index (χ3n) is 8.09. The van der Waals surface area contributed by atoms with Crippen LogP contribution in [0.25, 0.3) is 77.2 Å². The maximum absolute atomic E-state index is 6.10. The number of fused-ring (bicyclic) bond motifs is 4. The lowest BCUT2D eigenvalue weighted by Crippen LogP contribution is -1.94. The van der Waals surface area contributed by atoms with Gasteiger partial charge in [-0.25, -0.2) is 0 Å². The van der Waals surface area contributed by atoms with Gasteiger partial charge in [-0.3, -0.25) is 0 Å². The molecule has 7 aromatic rings. The number of nitrogens with two attached hydrogens (primary N) is 1. The van der Waals surface area contributed by atoms with Gasteiger partial charge in [0.2, 0.25) is 0 Å². The molecule has 8 rings (SSSR count). The van der Waals surface area contributed by atoms with Crippen molar-refractivity contribution in [1.29, 1.82) is 0 Å². The van der Waals surface area contributed by atoms with Crippen LogP contribution in [0.3, 0.4) is 0 Å². The maximum atomic E-state index is 6.10. The molecule has 0 spiro atoms. The Kier molecular flexibility index (Phi) is 4.74. The van der Waals surface area contributed by atoms with Gasteiger partial charge in [-0.05, 0) is 101 Å². The fourth-order valence-corrected chi connectivity index (χ4v) is 6.40. The van der Waals surface area contributed by atoms with Crippen molar-refractivity contribution in [2.45, 2.75) is 0 Å². The van der Waals surface area contributed by atoms with Gasteiger partial charge in [0.25, 0.3) is 0 Å². The first-order valence-corrected chi connectivity index (χ1v) is 13.4. The summed E-state index contributed by atoms with van der Waals surface area (Å²) < 4.78 is 0. The highest BCUT2D eigenvalue weighted by molar-refractivity contribution is 6.22. The van der Waals surface area contributed by atoms with Gasteiger partial charge >= 0.3 is 0 Å². The molecule has 0 aliphatic heterocycles. The quantitative estimate of drug-likeness (QED) is 0.242. The lowest BCUT2D eigenvalue weighted by molar-refractivity contribution is 1.57. The summed E-state index contributed by atoms with van der Waals surface area (Å²) in [6.07, 6.45) is 0. The zero-order chi connectivity index (χ0) is 25.9. The highest BCUT2D eigenvalue weighted by Crippen LogP contribution is 2.57. The first-order chi connectivity index (χ1) is 19.3. The topological polar surface area (TPSA) is 26.0 Å². The Morgan fingerprint density at radius 2 is 0.949 bits per heavy atom. The van der Waals surface area contributed by atoms with E-state index in [0.717, 1.165) is 11.1 Å². The van der Waals surface area contributed by atoms with Gasteiger partial charge in [-0.15, -0.1) is 0 Å². The molecule has 0 aromatic heterocycles. The van der Waals surface area contributed by atoms with Crippen molar-refractivity contribution in [3.63, 3.8) is 0 Å². The number of hydrogen-bond donors (Lipinski definition) is 1. The fourth-order valence-electron chi connectivity index (χ4n) is 6.40. The Hall–Kier alpha value is -5.14. The minimum absolute atomic E-state index is 0.787. The SMILES string of the molecule is Nc1ccc2cc(-c3cc(-c4ccccc4)c4c(c3-c3ccccc3)-c3cccc5cccc-4c35)ccc2c1. The van der Waals surface area contributed by atoms with Crippen molar-refractivity contribution in [1.82, 2.24) is 0 Å². The molecule has 2 N–H and O–H groups in total. The van der Waals surface area contributed by atoms with Crippen LogP contribution in [0.2, 0.25) is 0 Å². The Morgan fingerprint density at radius 3 is 1.69 bits per heavy atom. The second kappa shape index (κ2) is 8.44. The summed E-state index contributed by atoms with van der Waals surface area (Å²) in [5, 5.41) is 4.97. The Morgan fingerprint density at radius 1 is 0.333 bits per heavy atom. The van der Waals surface area contributed by atoms with E-state index < -0.39 is 0 Å². The summed E-state index contributed by atoms with van der Waals surface area (Å²) in [4.78, 5) is 0. The maximum Gasteiger partial charge on any atom is 0.0320 e. The minimum Gasteiger partial charge on any atom is -0.399 e. The number of anilines is 1. The average molecular weight is 496 g/mol. The van der Waals surface area contributed by atoms with E-state index in [2.05, 4.69) is 127 Å². The van der Waals surface area contributed by atoms with Crippen LogP contribution in [-0.2, 0) is 0 Å². The zero-order valence-corrected chi connectivity index (χ0v) is 21.4. The molecule has 0 radical (unpaired) electrons. The second-order valence-corrected chi connectivity index (χ2v) is 10.4. The molecule has 182 valence electrons. The Bertz CT molecular complexity index is 2050. The predicted octanol–water partition coefficient (Wildman–Crippen LogP) is 10.2. The van der Waals surface area contributed by atoms with Gasteiger partial charge < -0.3 is 5.73 Å². The van der Waals surface area contributed by atoms with Gasteiger partial charge in [-0.1, -0.05) is 115 Å². The number of nitrogen functional groups attached to an aromatic ring is 1. The normalized spacial score (nSPS) is 11.7. The van der Waals surface area contributed by atoms with Crippen molar-refractivity contribution in [2.24, 2.45) is 0 Å². The van der Waals surface area contributed by atoms with Crippen molar-refractivity contribution in [3.05, 3.63) is 140 Å². The molecular formula is C38H25N. The predicted molar refractivity (Wildman–Crippen MR) is 167 cm³/mol. The van der Waals surface area contributed by atoms with E-state index >= 15 is 0 Å². The van der Waals surface area contributed by atoms with Crippen LogP contribution in [0, 0.1) is 0 Å². The van der Waals surface area contributed by atoms with E-state index in [-0.39, 0.29) is 0 Å². The van der Waals surface area contributed by atoms with Crippen LogP contribution in [0.15, 0.2) is 140 Å². The summed E-state index contributed by atoms with van der Waals surface area (Å²) in [6, 6.07) is 50.4. The number of benzene rings is 7. The van der Waals surface area contributed by atoms with Crippen molar-refractivity contribution < 1.29 is 0 Å². The highest BCUT2D eigenvalue weighted by Gasteiger charge is 2.30. The standard InChI is InChI=1S/C38H25N/c39-30-20-19-27-21-29(18-17-28(27)22-30)34-23-33(24-9-3-1-4-10-24)37-31-15-7-13-25-14-8-16-32(35(25)31)38(37)36(34)26-11-5-2-6-12-26/h1-23H,39H2. The summed E-state index contributed by atoms with van der Waals surface area (Å²) in [6.45, 7) is 0. The number of hydrogen-bond acceptors (Lipinski definition) is 1. The van der Waals surface area contributed by atoms with E-state index in [0.29, 0.717) is 0 Å². The van der Waals surface area contributed by atoms with E-state index in [1.54, 1.807) is 0 Å². The largest absolute Gasteiger partial charge is 0.399 e. The molecule has 1 aliphatic carbocycles. The molecule has 39 heavy (non-hydrogen) atoms. The molecule has 0 heterocycles. The molecule has 0 atom stereocenters. The fraction of sp³-hybridized carbons (Fsp3) is 0. The molecule has 0 amide bonds. The first-order valence-electron chi connectivity index (χ1n) is 13.4. The molecule has 0 unspecified atom stereocenters. The monoisotopic (exact) mass is 495 g/mol. The third kappa shape index (κ3) is 3.34. The van der Waals surface area contributed by atoms with Crippen LogP contribution in [0.4, 0.5) is 5.69 Å². The van der Waals surface area contributed by atoms with Gasteiger partial charge in [0.05, 0.1) is 0 Å². The summed E-state index contributed by atoms with van der Waals surface area (Å²) >= 11 is 0. The van der Waals surface area contributed by atoms with Crippen LogP contribution < -0.4 is 5.73 Å². The van der Waals surface area contributed by atoms with Crippen LogP contribution in [-0.4, -0.2) is 0 Å². The minimum atomic E-state index is 0.787. The molecule has 7 aromatic carbocycles. The van der Waals surface area contributed by atoms with Crippen LogP contribution in [0.5, 0.6) is 0 Å². The van der Waals surface area contributed by atoms with Crippen LogP contribution >= 0.6 is 0 Å². The molecule has 0 saturated carbocycles. The molecule has 1 aliphatic rings. The van der Waals surface area contributed by atoms with Crippen molar-refractivity contribution >= 4 is 27.2 Å². The van der Waals surface area contributed by atoms with Crippen LogP contribution in [0.1, 0.15) is 0 Å². The van der Waals surface area contributed by atoms with Gasteiger partial charge in [0.1, 0.15) is 0 Å². The summed E-state index contributed by atoms with van der Waals surface area (Å²) in [7, 11) is 0. The number of rotatable bonds is 3. The molecule has 0 fully saturated rings. The lowest BCUT2D eigenvalue weighted by Gasteiger charge is -2.21. The molecule has 0 bridgehead atoms. The lowest BCUT2D eigenvalue weighted by atomic mass is 9.82. The van der Waals surface area contributed by atoms with Gasteiger partial charge in [0, 0.05) is 5.69 Å². The van der Waals surface area contributed by atoms with Gasteiger partial charge in [0.15, 0.2) is 0 Å². The zero-order valence-electron chi connectivity index (χ0n) is 21.4. The van der Waals surface area contributed by atoms with E-state index in [4.69, 9.17) is 5.73 Å². The van der Waals surface area contributed by atoms with E-state index in [1.165, 1.54) is 71.8 Å². The molecular weight excluding hydrogens is 470 g/mol. The summed E-state index contributed by atoms with van der Waals surface area (Å²) in [5.41, 5.74) is 19.6. The molecule has 1 heteroatoms. The van der Waals surface area contributed by atoms with Gasteiger partial charge in [-0.2, -0.15) is 0 Å². The molecule has 1 nitrogen and oxygen atoms in total. The second-order valence-electron chi connectivity index (χ2n) is 10.4. The summed E-state index contributed by atoms with van der Waals surface area (Å²) in [5.74, 6) is 0. The van der Waals surface area contributed by atoms with E-state index in [9.17, 15) is 0 Å². The van der Waals surface area contributed by atoms with Crippen molar-refractivity contribution in [3.8, 4) is 55.6 Å². The highest BCUT2D eigenvalue weighted by atomic mass is 14.5. The Labute approximate surface area is 227 Å². The first kappa shape index (κ1) is 21.9. The Balaban J connectivity index is 1.55. The molecule has 0 saturated heterocycles. The average Bonchev–Trinajstić information content (AvgIpc) is 3.33.